The molecule has 0 N–H and O–H groups in total. The van der Waals surface area contributed by atoms with Crippen molar-refractivity contribution in [1.82, 2.24) is 4.90 Å². The molecule has 0 bridgehead atoms. The predicted molar refractivity (Wildman–Crippen MR) is 77.3 cm³/mol. The maximum Gasteiger partial charge on any atom is 0.410 e. The summed E-state index contributed by atoms with van der Waals surface area (Å²) in [6, 6.07) is 7.12. The Morgan fingerprint density at radius 1 is 1.26 bits per heavy atom. The highest BCUT2D eigenvalue weighted by Gasteiger charge is 2.22. The van der Waals surface area contributed by atoms with Crippen LogP contribution in [0.1, 0.15) is 31.1 Å². The third kappa shape index (κ3) is 5.03. The van der Waals surface area contributed by atoms with E-state index in [4.69, 9.17) is 4.74 Å². The van der Waals surface area contributed by atoms with E-state index in [1.54, 1.807) is 46.0 Å². The van der Waals surface area contributed by atoms with Crippen molar-refractivity contribution in [3.05, 3.63) is 34.3 Å². The second-order valence-corrected chi connectivity index (χ2v) is 6.09. The topological polar surface area (TPSA) is 46.6 Å². The monoisotopic (exact) mass is 327 g/mol. The highest BCUT2D eigenvalue weighted by atomic mass is 79.9. The Morgan fingerprint density at radius 3 is 2.37 bits per heavy atom. The normalized spacial score (nSPS) is 11.0. The maximum absolute atomic E-state index is 12.1. The van der Waals surface area contributed by atoms with Gasteiger partial charge in [-0.1, -0.05) is 34.1 Å². The third-order valence-electron chi connectivity index (χ3n) is 2.26. The Morgan fingerprint density at radius 2 is 1.84 bits per heavy atom. The molecule has 0 heterocycles. The molecule has 104 valence electrons. The molecule has 0 fully saturated rings. The minimum Gasteiger partial charge on any atom is -0.444 e. The van der Waals surface area contributed by atoms with Gasteiger partial charge < -0.3 is 9.64 Å². The lowest BCUT2D eigenvalue weighted by Gasteiger charge is -2.24. The van der Waals surface area contributed by atoms with Crippen LogP contribution in [0.5, 0.6) is 0 Å². The molecule has 0 spiro atoms. The molecule has 0 atom stereocenters. The molecule has 1 aromatic carbocycles. The number of benzene rings is 1. The highest BCUT2D eigenvalue weighted by molar-refractivity contribution is 9.10. The molecule has 1 rings (SSSR count). The van der Waals surface area contributed by atoms with Crippen LogP contribution in [0.15, 0.2) is 28.7 Å². The van der Waals surface area contributed by atoms with Crippen LogP contribution in [0.25, 0.3) is 0 Å². The summed E-state index contributed by atoms with van der Waals surface area (Å²) in [6.07, 6.45) is -0.507. The molecule has 0 saturated heterocycles. The molecule has 0 saturated carbocycles. The van der Waals surface area contributed by atoms with Crippen LogP contribution >= 0.6 is 15.9 Å². The molecule has 5 heteroatoms. The molecule has 0 aliphatic heterocycles. The van der Waals surface area contributed by atoms with Crippen LogP contribution < -0.4 is 0 Å². The molecule has 4 nitrogen and oxygen atoms in total. The number of amides is 1. The molecule has 0 unspecified atom stereocenters. The lowest BCUT2D eigenvalue weighted by Crippen LogP contribution is -2.37. The van der Waals surface area contributed by atoms with Gasteiger partial charge in [-0.05, 0) is 26.8 Å². The van der Waals surface area contributed by atoms with Crippen molar-refractivity contribution in [1.29, 1.82) is 0 Å². The molecule has 0 radical (unpaired) electrons. The molecule has 0 aliphatic rings. The van der Waals surface area contributed by atoms with Gasteiger partial charge in [-0.3, -0.25) is 4.79 Å². The largest absolute Gasteiger partial charge is 0.444 e. The zero-order chi connectivity index (χ0) is 14.6. The zero-order valence-corrected chi connectivity index (χ0v) is 13.2. The average molecular weight is 328 g/mol. The first-order valence-corrected chi connectivity index (χ1v) is 6.72. The second kappa shape index (κ2) is 6.19. The van der Waals surface area contributed by atoms with E-state index in [1.165, 1.54) is 4.90 Å². The third-order valence-corrected chi connectivity index (χ3v) is 2.95. The van der Waals surface area contributed by atoms with E-state index in [0.29, 0.717) is 5.56 Å². The van der Waals surface area contributed by atoms with Crippen molar-refractivity contribution < 1.29 is 14.3 Å². The lowest BCUT2D eigenvalue weighted by molar-refractivity contribution is 0.0294. The van der Waals surface area contributed by atoms with E-state index in [-0.39, 0.29) is 12.3 Å². The van der Waals surface area contributed by atoms with Gasteiger partial charge >= 0.3 is 6.09 Å². The van der Waals surface area contributed by atoms with Gasteiger partial charge in [0.25, 0.3) is 0 Å². The summed E-state index contributed by atoms with van der Waals surface area (Å²) in [5.41, 5.74) is -0.0141. The molecular formula is C14H18BrNO3. The zero-order valence-electron chi connectivity index (χ0n) is 11.6. The SMILES string of the molecule is CN(CC(=O)c1ccccc1Br)C(=O)OC(C)(C)C. The van der Waals surface area contributed by atoms with Crippen LogP contribution in [0.2, 0.25) is 0 Å². The Labute approximate surface area is 121 Å². The van der Waals surface area contributed by atoms with Crippen LogP contribution in [0.4, 0.5) is 4.79 Å². The number of ether oxygens (including phenoxy) is 1. The van der Waals surface area contributed by atoms with Gasteiger partial charge in [0.15, 0.2) is 5.78 Å². The molecular weight excluding hydrogens is 310 g/mol. The smallest absolute Gasteiger partial charge is 0.410 e. The molecule has 1 amide bonds. The number of carbonyl (C=O) groups is 2. The van der Waals surface area contributed by atoms with E-state index >= 15 is 0 Å². The van der Waals surface area contributed by atoms with E-state index in [2.05, 4.69) is 15.9 Å². The molecule has 19 heavy (non-hydrogen) atoms. The average Bonchev–Trinajstić information content (AvgIpc) is 2.27. The number of halogens is 1. The summed E-state index contributed by atoms with van der Waals surface area (Å²) in [5, 5.41) is 0. The van der Waals surface area contributed by atoms with Crippen molar-refractivity contribution in [3.63, 3.8) is 0 Å². The number of hydrogen-bond acceptors (Lipinski definition) is 3. The quantitative estimate of drug-likeness (QED) is 0.798. The Hall–Kier alpha value is -1.36. The second-order valence-electron chi connectivity index (χ2n) is 5.24. The van der Waals surface area contributed by atoms with Crippen molar-refractivity contribution in [2.75, 3.05) is 13.6 Å². The lowest BCUT2D eigenvalue weighted by atomic mass is 10.1. The van der Waals surface area contributed by atoms with E-state index < -0.39 is 11.7 Å². The summed E-state index contributed by atoms with van der Waals surface area (Å²) in [6.45, 7) is 5.34. The van der Waals surface area contributed by atoms with E-state index in [1.807, 2.05) is 6.07 Å². The number of hydrogen-bond donors (Lipinski definition) is 0. The first kappa shape index (κ1) is 15.7. The van der Waals surface area contributed by atoms with Crippen molar-refractivity contribution in [2.45, 2.75) is 26.4 Å². The number of likely N-dealkylation sites (N-methyl/N-ethyl adjacent to an activating group) is 1. The Bertz CT molecular complexity index is 480. The first-order chi connectivity index (χ1) is 8.70. The summed E-state index contributed by atoms with van der Waals surface area (Å²) in [7, 11) is 1.54. The minimum atomic E-state index is -0.568. The number of rotatable bonds is 3. The highest BCUT2D eigenvalue weighted by Crippen LogP contribution is 2.17. The van der Waals surface area contributed by atoms with Crippen LogP contribution in [-0.2, 0) is 4.74 Å². The van der Waals surface area contributed by atoms with Crippen molar-refractivity contribution in [2.24, 2.45) is 0 Å². The van der Waals surface area contributed by atoms with Gasteiger partial charge in [0.05, 0.1) is 6.54 Å². The van der Waals surface area contributed by atoms with Crippen LogP contribution in [-0.4, -0.2) is 36.0 Å². The first-order valence-electron chi connectivity index (χ1n) is 5.92. The van der Waals surface area contributed by atoms with Crippen LogP contribution in [0, 0.1) is 0 Å². The van der Waals surface area contributed by atoms with Gasteiger partial charge in [-0.15, -0.1) is 0 Å². The van der Waals surface area contributed by atoms with Gasteiger partial charge in [-0.2, -0.15) is 0 Å². The van der Waals surface area contributed by atoms with E-state index in [0.717, 1.165) is 4.47 Å². The number of Topliss-reactive ketones (excluding diaryl/α,β-unsaturated/α-hetero) is 1. The standard InChI is InChI=1S/C14H18BrNO3/c1-14(2,3)19-13(18)16(4)9-12(17)10-7-5-6-8-11(10)15/h5-8H,9H2,1-4H3. The predicted octanol–water partition coefficient (Wildman–Crippen LogP) is 3.50. The summed E-state index contributed by atoms with van der Waals surface area (Å²) in [5.74, 6) is -0.138. The van der Waals surface area contributed by atoms with Gasteiger partial charge in [0.2, 0.25) is 0 Å². The minimum absolute atomic E-state index is 0.0163. The Kier molecular flexibility index (Phi) is 5.11. The molecule has 0 aliphatic carbocycles. The molecule has 1 aromatic rings. The fraction of sp³-hybridized carbons (Fsp3) is 0.429. The van der Waals surface area contributed by atoms with Crippen LogP contribution in [0.3, 0.4) is 0 Å². The maximum atomic E-state index is 12.1. The van der Waals surface area contributed by atoms with E-state index in [9.17, 15) is 9.59 Å². The summed E-state index contributed by atoms with van der Waals surface area (Å²) < 4.78 is 5.91. The number of ketones is 1. The van der Waals surface area contributed by atoms with Crippen molar-refractivity contribution >= 4 is 27.8 Å². The fourth-order valence-corrected chi connectivity index (χ4v) is 1.90. The summed E-state index contributed by atoms with van der Waals surface area (Å²) >= 11 is 3.32. The van der Waals surface area contributed by atoms with Crippen molar-refractivity contribution in [3.8, 4) is 0 Å². The fourth-order valence-electron chi connectivity index (χ4n) is 1.39. The number of carbonyl (C=O) groups excluding carboxylic acids is 2. The van der Waals surface area contributed by atoms with Gasteiger partial charge in [0, 0.05) is 17.1 Å². The Balaban J connectivity index is 2.67. The van der Waals surface area contributed by atoms with Gasteiger partial charge in [-0.25, -0.2) is 4.79 Å². The number of nitrogens with zero attached hydrogens (tertiary/aromatic N) is 1. The summed E-state index contributed by atoms with van der Waals surface area (Å²) in [4.78, 5) is 25.1. The molecule has 0 aromatic heterocycles. The van der Waals surface area contributed by atoms with Gasteiger partial charge in [0.1, 0.15) is 5.60 Å².